The smallest absolute Gasteiger partial charge is 0.222 e. The molecule has 1 N–H and O–H groups in total. The van der Waals surface area contributed by atoms with Gasteiger partial charge in [-0.3, -0.25) is 4.79 Å². The zero-order valence-electron chi connectivity index (χ0n) is 17.2. The quantitative estimate of drug-likeness (QED) is 0.581. The van der Waals surface area contributed by atoms with E-state index in [0.29, 0.717) is 24.5 Å². The van der Waals surface area contributed by atoms with Gasteiger partial charge in [-0.1, -0.05) is 48.9 Å². The lowest BCUT2D eigenvalue weighted by Gasteiger charge is -2.29. The number of nitrogens with one attached hydrogen (secondary N) is 1. The van der Waals surface area contributed by atoms with Crippen molar-refractivity contribution < 1.29 is 4.79 Å². The summed E-state index contributed by atoms with van der Waals surface area (Å²) in [6.45, 7) is 7.37. The number of rotatable bonds is 8. The van der Waals surface area contributed by atoms with Crippen molar-refractivity contribution in [1.29, 1.82) is 0 Å². The molecule has 1 aromatic heterocycles. The van der Waals surface area contributed by atoms with Crippen molar-refractivity contribution in [1.82, 2.24) is 15.3 Å². The molecule has 0 atom stereocenters. The van der Waals surface area contributed by atoms with Crippen molar-refractivity contribution in [3.63, 3.8) is 0 Å². The molecule has 2 aromatic carbocycles. The van der Waals surface area contributed by atoms with Gasteiger partial charge in [-0.05, 0) is 37.6 Å². The maximum Gasteiger partial charge on any atom is 0.222 e. The van der Waals surface area contributed by atoms with E-state index in [1.807, 2.05) is 55.5 Å². The van der Waals surface area contributed by atoms with Gasteiger partial charge in [-0.25, -0.2) is 9.97 Å². The second-order valence-corrected chi connectivity index (χ2v) is 7.71. The number of halogens is 1. The SMILES string of the molecule is CCc1nc(N(CCC(=O)NCc2ccccc2)C(C)C)c2ccc(Cl)cc2n1. The lowest BCUT2D eigenvalue weighted by atomic mass is 10.2. The predicted molar refractivity (Wildman–Crippen MR) is 119 cm³/mol. The lowest BCUT2D eigenvalue weighted by molar-refractivity contribution is -0.121. The summed E-state index contributed by atoms with van der Waals surface area (Å²) < 4.78 is 0. The molecule has 0 saturated heterocycles. The third-order valence-electron chi connectivity index (χ3n) is 4.81. The number of benzene rings is 2. The molecule has 0 bridgehead atoms. The molecule has 0 aliphatic rings. The second-order valence-electron chi connectivity index (χ2n) is 7.28. The Morgan fingerprint density at radius 3 is 2.59 bits per heavy atom. The van der Waals surface area contributed by atoms with Crippen LogP contribution in [0.5, 0.6) is 0 Å². The summed E-state index contributed by atoms with van der Waals surface area (Å²) in [7, 11) is 0. The van der Waals surface area contributed by atoms with E-state index in [-0.39, 0.29) is 11.9 Å². The number of nitrogens with zero attached hydrogens (tertiary/aromatic N) is 3. The lowest BCUT2D eigenvalue weighted by Crippen LogP contribution is -2.36. The third-order valence-corrected chi connectivity index (χ3v) is 5.04. The van der Waals surface area contributed by atoms with Gasteiger partial charge in [0.05, 0.1) is 5.52 Å². The van der Waals surface area contributed by atoms with Gasteiger partial charge in [-0.2, -0.15) is 0 Å². The first-order chi connectivity index (χ1) is 14.0. The van der Waals surface area contributed by atoms with Crippen molar-refractivity contribution in [3.05, 3.63) is 64.9 Å². The zero-order valence-corrected chi connectivity index (χ0v) is 17.9. The van der Waals surface area contributed by atoms with E-state index in [0.717, 1.165) is 34.5 Å². The molecule has 0 fully saturated rings. The number of carbonyl (C=O) groups excluding carboxylic acids is 1. The van der Waals surface area contributed by atoms with Crippen LogP contribution in [-0.4, -0.2) is 28.5 Å². The van der Waals surface area contributed by atoms with Crippen LogP contribution in [0.1, 0.15) is 38.6 Å². The van der Waals surface area contributed by atoms with E-state index in [2.05, 4.69) is 29.0 Å². The van der Waals surface area contributed by atoms with Gasteiger partial charge >= 0.3 is 0 Å². The average Bonchev–Trinajstić information content (AvgIpc) is 2.72. The molecule has 0 unspecified atom stereocenters. The number of hydrogen-bond acceptors (Lipinski definition) is 4. The van der Waals surface area contributed by atoms with Crippen LogP contribution in [0, 0.1) is 0 Å². The number of aromatic nitrogens is 2. The molecule has 3 aromatic rings. The van der Waals surface area contributed by atoms with Gasteiger partial charge in [0.25, 0.3) is 0 Å². The number of anilines is 1. The molecule has 3 rings (SSSR count). The molecule has 1 amide bonds. The Morgan fingerprint density at radius 2 is 1.90 bits per heavy atom. The Bertz CT molecular complexity index is 975. The minimum Gasteiger partial charge on any atom is -0.353 e. The van der Waals surface area contributed by atoms with Crippen LogP contribution in [0.25, 0.3) is 10.9 Å². The Hall–Kier alpha value is -2.66. The number of carbonyl (C=O) groups is 1. The van der Waals surface area contributed by atoms with E-state index >= 15 is 0 Å². The standard InChI is InChI=1S/C23H27ClN4O/c1-4-21-26-20-14-18(24)10-11-19(20)23(27-21)28(16(2)3)13-12-22(29)25-15-17-8-6-5-7-9-17/h5-11,14,16H,4,12-13,15H2,1-3H3,(H,25,29). The van der Waals surface area contributed by atoms with E-state index < -0.39 is 0 Å². The second kappa shape index (κ2) is 9.70. The van der Waals surface area contributed by atoms with E-state index in [4.69, 9.17) is 16.6 Å². The first-order valence-electron chi connectivity index (χ1n) is 10.0. The van der Waals surface area contributed by atoms with E-state index in [1.54, 1.807) is 0 Å². The molecule has 0 radical (unpaired) electrons. The Kier molecular flexibility index (Phi) is 7.04. The predicted octanol–water partition coefficient (Wildman–Crippen LogP) is 4.77. The van der Waals surface area contributed by atoms with Crippen LogP contribution in [0.2, 0.25) is 5.02 Å². The minimum atomic E-state index is 0.0247. The molecule has 29 heavy (non-hydrogen) atoms. The van der Waals surface area contributed by atoms with Crippen molar-refractivity contribution in [2.45, 2.75) is 46.2 Å². The van der Waals surface area contributed by atoms with E-state index in [1.165, 1.54) is 0 Å². The highest BCUT2D eigenvalue weighted by atomic mass is 35.5. The topological polar surface area (TPSA) is 58.1 Å². The third kappa shape index (κ3) is 5.45. The van der Waals surface area contributed by atoms with Crippen LogP contribution >= 0.6 is 11.6 Å². The number of hydrogen-bond donors (Lipinski definition) is 1. The van der Waals surface area contributed by atoms with Crippen LogP contribution in [0.15, 0.2) is 48.5 Å². The summed E-state index contributed by atoms with van der Waals surface area (Å²) >= 11 is 6.17. The van der Waals surface area contributed by atoms with E-state index in [9.17, 15) is 4.79 Å². The largest absolute Gasteiger partial charge is 0.353 e. The van der Waals surface area contributed by atoms with Crippen LogP contribution in [-0.2, 0) is 17.8 Å². The Labute approximate surface area is 177 Å². The highest BCUT2D eigenvalue weighted by molar-refractivity contribution is 6.31. The molecule has 0 aliphatic heterocycles. The van der Waals surface area contributed by atoms with Gasteiger partial charge in [0.2, 0.25) is 5.91 Å². The zero-order chi connectivity index (χ0) is 20.8. The molecule has 152 valence electrons. The number of aryl methyl sites for hydroxylation is 1. The summed E-state index contributed by atoms with van der Waals surface area (Å²) in [6.07, 6.45) is 1.13. The van der Waals surface area contributed by atoms with Crippen LogP contribution in [0.4, 0.5) is 5.82 Å². The van der Waals surface area contributed by atoms with Crippen LogP contribution < -0.4 is 10.2 Å². The fourth-order valence-electron chi connectivity index (χ4n) is 3.23. The van der Waals surface area contributed by atoms with Crippen molar-refractivity contribution in [2.24, 2.45) is 0 Å². The number of fused-ring (bicyclic) bond motifs is 1. The normalized spacial score (nSPS) is 11.1. The van der Waals surface area contributed by atoms with Gasteiger partial charge in [0, 0.05) is 42.4 Å². The fourth-order valence-corrected chi connectivity index (χ4v) is 3.39. The summed E-state index contributed by atoms with van der Waals surface area (Å²) in [4.78, 5) is 24.0. The Morgan fingerprint density at radius 1 is 1.14 bits per heavy atom. The summed E-state index contributed by atoms with van der Waals surface area (Å²) in [5, 5.41) is 4.60. The molecule has 0 spiro atoms. The fraction of sp³-hybridized carbons (Fsp3) is 0.348. The van der Waals surface area contributed by atoms with Gasteiger partial charge in [0.1, 0.15) is 11.6 Å². The van der Waals surface area contributed by atoms with Crippen LogP contribution in [0.3, 0.4) is 0 Å². The number of amides is 1. The summed E-state index contributed by atoms with van der Waals surface area (Å²) in [5.41, 5.74) is 1.92. The molecule has 1 heterocycles. The van der Waals surface area contributed by atoms with Crippen molar-refractivity contribution in [3.8, 4) is 0 Å². The molecule has 5 nitrogen and oxygen atoms in total. The molecule has 6 heteroatoms. The maximum absolute atomic E-state index is 12.4. The molecular weight excluding hydrogens is 384 g/mol. The van der Waals surface area contributed by atoms with Crippen molar-refractivity contribution in [2.75, 3.05) is 11.4 Å². The summed E-state index contributed by atoms with van der Waals surface area (Å²) in [6, 6.07) is 15.8. The maximum atomic E-state index is 12.4. The highest BCUT2D eigenvalue weighted by Crippen LogP contribution is 2.28. The molecule has 0 saturated carbocycles. The molecule has 0 aliphatic carbocycles. The first-order valence-corrected chi connectivity index (χ1v) is 10.4. The average molecular weight is 411 g/mol. The molecular formula is C23H27ClN4O. The van der Waals surface area contributed by atoms with Gasteiger partial charge in [0.15, 0.2) is 0 Å². The summed E-state index contributed by atoms with van der Waals surface area (Å²) in [5.74, 6) is 1.65. The monoisotopic (exact) mass is 410 g/mol. The minimum absolute atomic E-state index is 0.0247. The van der Waals surface area contributed by atoms with Gasteiger partial charge < -0.3 is 10.2 Å². The first kappa shape index (κ1) is 21.1. The van der Waals surface area contributed by atoms with Crippen molar-refractivity contribution >= 4 is 34.2 Å². The highest BCUT2D eigenvalue weighted by Gasteiger charge is 2.18. The Balaban J connectivity index is 1.76. The van der Waals surface area contributed by atoms with Gasteiger partial charge in [-0.15, -0.1) is 0 Å².